The largest absolute Gasteiger partial charge is 0.267 e. The number of nitrogens with one attached hydrogen (secondary N) is 1. The average molecular weight is 241 g/mol. The van der Waals surface area contributed by atoms with E-state index in [1.54, 1.807) is 18.2 Å². The highest BCUT2D eigenvalue weighted by Gasteiger charge is 2.03. The molecule has 0 unspecified atom stereocenters. The van der Waals surface area contributed by atoms with Crippen molar-refractivity contribution in [2.24, 2.45) is 0 Å². The summed E-state index contributed by atoms with van der Waals surface area (Å²) in [4.78, 5) is 0. The van der Waals surface area contributed by atoms with Gasteiger partial charge in [-0.2, -0.15) is 5.10 Å². The lowest BCUT2D eigenvalue weighted by Crippen LogP contribution is -1.88. The molecule has 2 aromatic rings. The Morgan fingerprint density at radius 1 is 1.27 bits per heavy atom. The van der Waals surface area contributed by atoms with E-state index in [-0.39, 0.29) is 5.02 Å². The maximum absolute atomic E-state index is 13.2. The van der Waals surface area contributed by atoms with Crippen LogP contribution in [0.25, 0.3) is 11.3 Å². The fraction of sp³-hybridized carbons (Fsp3) is 0. The van der Waals surface area contributed by atoms with Gasteiger partial charge in [-0.3, -0.25) is 5.10 Å². The first kappa shape index (κ1) is 10.3. The quantitative estimate of drug-likeness (QED) is 0.772. The third-order valence-corrected chi connectivity index (χ3v) is 2.43. The number of halogens is 2. The molecule has 0 aliphatic heterocycles. The van der Waals surface area contributed by atoms with Gasteiger partial charge in [0.2, 0.25) is 0 Å². The van der Waals surface area contributed by atoms with Crippen LogP contribution in [-0.4, -0.2) is 10.2 Å². The molecule has 0 saturated heterocycles. The molecule has 76 valence electrons. The molecule has 0 bridgehead atoms. The molecule has 15 heavy (non-hydrogen) atoms. The predicted octanol–water partition coefficient (Wildman–Crippen LogP) is 3.60. The second-order valence-corrected chi connectivity index (χ2v) is 3.78. The van der Waals surface area contributed by atoms with Crippen LogP contribution in [0.15, 0.2) is 30.3 Å². The monoisotopic (exact) mass is 240 g/mol. The average Bonchev–Trinajstić information content (AvgIpc) is 2.23. The van der Waals surface area contributed by atoms with Gasteiger partial charge in [-0.05, 0) is 24.3 Å². The lowest BCUT2D eigenvalue weighted by Gasteiger charge is -2.00. The van der Waals surface area contributed by atoms with Crippen molar-refractivity contribution in [3.05, 3.63) is 45.8 Å². The zero-order valence-corrected chi connectivity index (χ0v) is 9.07. The van der Waals surface area contributed by atoms with Crippen LogP contribution >= 0.6 is 23.8 Å². The molecule has 0 fully saturated rings. The lowest BCUT2D eigenvalue weighted by atomic mass is 10.1. The van der Waals surface area contributed by atoms with Crippen LogP contribution in [0.3, 0.4) is 0 Å². The Morgan fingerprint density at radius 2 is 2.07 bits per heavy atom. The summed E-state index contributed by atoms with van der Waals surface area (Å²) >= 11 is 10.4. The molecule has 0 spiro atoms. The lowest BCUT2D eigenvalue weighted by molar-refractivity contribution is 0.628. The van der Waals surface area contributed by atoms with Gasteiger partial charge >= 0.3 is 0 Å². The first-order valence-corrected chi connectivity index (χ1v) is 4.96. The van der Waals surface area contributed by atoms with Crippen LogP contribution in [-0.2, 0) is 0 Å². The van der Waals surface area contributed by atoms with Gasteiger partial charge in [0.25, 0.3) is 0 Å². The smallest absolute Gasteiger partial charge is 0.142 e. The van der Waals surface area contributed by atoms with Crippen molar-refractivity contribution < 1.29 is 4.39 Å². The second kappa shape index (κ2) is 4.08. The number of benzene rings is 1. The third-order valence-electron chi connectivity index (χ3n) is 1.89. The van der Waals surface area contributed by atoms with Gasteiger partial charge in [-0.25, -0.2) is 4.39 Å². The standard InChI is InChI=1S/C10H6ClFN2S/c11-7-2-1-6(5-8(7)12)9-3-4-10(15)14-13-9/h1-5H,(H,14,15). The number of aromatic nitrogens is 2. The van der Waals surface area contributed by atoms with Crippen molar-refractivity contribution in [3.63, 3.8) is 0 Å². The fourth-order valence-electron chi connectivity index (χ4n) is 1.16. The SMILES string of the molecule is Fc1cc(-c2ccc(=S)[nH]n2)ccc1Cl. The Kier molecular flexibility index (Phi) is 2.79. The van der Waals surface area contributed by atoms with Crippen molar-refractivity contribution in [1.82, 2.24) is 10.2 Å². The van der Waals surface area contributed by atoms with Crippen LogP contribution in [0, 0.1) is 10.5 Å². The summed E-state index contributed by atoms with van der Waals surface area (Å²) in [5.41, 5.74) is 1.28. The predicted molar refractivity (Wildman–Crippen MR) is 59.8 cm³/mol. The Balaban J connectivity index is 2.50. The van der Waals surface area contributed by atoms with E-state index >= 15 is 0 Å². The number of rotatable bonds is 1. The minimum atomic E-state index is -0.460. The van der Waals surface area contributed by atoms with Crippen molar-refractivity contribution in [2.75, 3.05) is 0 Å². The fourth-order valence-corrected chi connectivity index (χ4v) is 1.39. The van der Waals surface area contributed by atoms with Gasteiger partial charge in [-0.15, -0.1) is 0 Å². The van der Waals surface area contributed by atoms with E-state index in [1.165, 1.54) is 12.1 Å². The summed E-state index contributed by atoms with van der Waals surface area (Å²) in [6.45, 7) is 0. The van der Waals surface area contributed by atoms with Crippen molar-refractivity contribution in [2.45, 2.75) is 0 Å². The Bertz CT molecular complexity index is 533. The van der Waals surface area contributed by atoms with Crippen LogP contribution < -0.4 is 0 Å². The molecule has 2 nitrogen and oxygen atoms in total. The summed E-state index contributed by atoms with van der Waals surface area (Å²) < 4.78 is 13.7. The molecule has 0 aliphatic rings. The van der Waals surface area contributed by atoms with Gasteiger partial charge in [0.05, 0.1) is 10.7 Å². The van der Waals surface area contributed by atoms with E-state index in [4.69, 9.17) is 23.8 Å². The van der Waals surface area contributed by atoms with Crippen LogP contribution in [0.1, 0.15) is 0 Å². The molecule has 1 N–H and O–H groups in total. The third kappa shape index (κ3) is 2.22. The molecule has 0 atom stereocenters. The van der Waals surface area contributed by atoms with Gasteiger partial charge in [-0.1, -0.05) is 29.9 Å². The van der Waals surface area contributed by atoms with Crippen LogP contribution in [0.4, 0.5) is 4.39 Å². The number of aromatic amines is 1. The number of hydrogen-bond acceptors (Lipinski definition) is 2. The second-order valence-electron chi connectivity index (χ2n) is 2.94. The molecular weight excluding hydrogens is 235 g/mol. The molecule has 0 radical (unpaired) electrons. The number of hydrogen-bond donors (Lipinski definition) is 1. The summed E-state index contributed by atoms with van der Waals surface area (Å²) in [6.07, 6.45) is 0. The minimum absolute atomic E-state index is 0.0996. The zero-order valence-electron chi connectivity index (χ0n) is 7.50. The normalized spacial score (nSPS) is 10.3. The zero-order chi connectivity index (χ0) is 10.8. The van der Waals surface area contributed by atoms with E-state index in [0.29, 0.717) is 15.9 Å². The first-order chi connectivity index (χ1) is 7.16. The van der Waals surface area contributed by atoms with E-state index in [1.807, 2.05) is 0 Å². The Morgan fingerprint density at radius 3 is 2.67 bits per heavy atom. The van der Waals surface area contributed by atoms with Crippen molar-refractivity contribution in [3.8, 4) is 11.3 Å². The maximum atomic E-state index is 13.2. The van der Waals surface area contributed by atoms with E-state index < -0.39 is 5.82 Å². The van der Waals surface area contributed by atoms with Crippen molar-refractivity contribution >= 4 is 23.8 Å². The minimum Gasteiger partial charge on any atom is -0.267 e. The van der Waals surface area contributed by atoms with Gasteiger partial charge < -0.3 is 0 Å². The number of nitrogens with zero attached hydrogens (tertiary/aromatic N) is 1. The molecule has 1 aromatic carbocycles. The molecule has 0 aliphatic carbocycles. The highest BCUT2D eigenvalue weighted by Crippen LogP contribution is 2.21. The topological polar surface area (TPSA) is 28.7 Å². The summed E-state index contributed by atoms with van der Waals surface area (Å²) in [7, 11) is 0. The highest BCUT2D eigenvalue weighted by molar-refractivity contribution is 7.71. The van der Waals surface area contributed by atoms with E-state index in [0.717, 1.165) is 0 Å². The molecule has 1 aromatic heterocycles. The van der Waals surface area contributed by atoms with Gasteiger partial charge in [0.1, 0.15) is 10.5 Å². The Hall–Kier alpha value is -1.26. The van der Waals surface area contributed by atoms with Crippen molar-refractivity contribution in [1.29, 1.82) is 0 Å². The molecule has 1 heterocycles. The molecular formula is C10H6ClFN2S. The number of H-pyrrole nitrogens is 1. The first-order valence-electron chi connectivity index (χ1n) is 4.18. The molecule has 5 heteroatoms. The van der Waals surface area contributed by atoms with Gasteiger partial charge in [0, 0.05) is 5.56 Å². The molecule has 2 rings (SSSR count). The highest BCUT2D eigenvalue weighted by atomic mass is 35.5. The Labute approximate surface area is 95.7 Å². The summed E-state index contributed by atoms with van der Waals surface area (Å²) in [5.74, 6) is -0.460. The maximum Gasteiger partial charge on any atom is 0.142 e. The summed E-state index contributed by atoms with van der Waals surface area (Å²) in [6, 6.07) is 7.95. The molecule has 0 saturated carbocycles. The van der Waals surface area contributed by atoms with Crippen LogP contribution in [0.2, 0.25) is 5.02 Å². The van der Waals surface area contributed by atoms with E-state index in [2.05, 4.69) is 10.2 Å². The van der Waals surface area contributed by atoms with Gasteiger partial charge in [0.15, 0.2) is 0 Å². The van der Waals surface area contributed by atoms with Crippen LogP contribution in [0.5, 0.6) is 0 Å². The molecule has 0 amide bonds. The summed E-state index contributed by atoms with van der Waals surface area (Å²) in [5, 5.41) is 6.72. The van der Waals surface area contributed by atoms with E-state index in [9.17, 15) is 4.39 Å².